The van der Waals surface area contributed by atoms with Crippen molar-refractivity contribution in [2.24, 2.45) is 0 Å². The average Bonchev–Trinajstić information content (AvgIpc) is 2.89. The highest BCUT2D eigenvalue weighted by atomic mass is 35.5. The summed E-state index contributed by atoms with van der Waals surface area (Å²) in [5.74, 6) is -1.16. The summed E-state index contributed by atoms with van der Waals surface area (Å²) in [4.78, 5) is 49.6. The van der Waals surface area contributed by atoms with Crippen molar-refractivity contribution < 1.29 is 33.4 Å². The van der Waals surface area contributed by atoms with Crippen LogP contribution in [0, 0.1) is 0 Å². The molecule has 2 aromatic rings. The molecule has 0 spiro atoms. The van der Waals surface area contributed by atoms with Crippen LogP contribution in [0.3, 0.4) is 0 Å². The fourth-order valence-corrected chi connectivity index (χ4v) is 3.59. The third-order valence-corrected chi connectivity index (χ3v) is 5.83. The normalized spacial score (nSPS) is 12.4. The van der Waals surface area contributed by atoms with Crippen LogP contribution in [0.25, 0.3) is 0 Å². The molecular weight excluding hydrogens is 538 g/mol. The predicted octanol–water partition coefficient (Wildman–Crippen LogP) is 4.88. The Morgan fingerprint density at radius 1 is 0.850 bits per heavy atom. The number of hydrogen-bond acceptors (Lipinski definition) is 7. The van der Waals surface area contributed by atoms with E-state index in [0.717, 1.165) is 5.56 Å². The van der Waals surface area contributed by atoms with E-state index in [1.807, 2.05) is 30.3 Å². The zero-order chi connectivity index (χ0) is 29.5. The van der Waals surface area contributed by atoms with E-state index in [1.54, 1.807) is 45.0 Å². The monoisotopic (exact) mass is 575 g/mol. The van der Waals surface area contributed by atoms with Crippen LogP contribution in [-0.2, 0) is 37.0 Å². The number of esters is 1. The van der Waals surface area contributed by atoms with Crippen molar-refractivity contribution in [1.29, 1.82) is 0 Å². The number of benzene rings is 2. The zero-order valence-electron chi connectivity index (χ0n) is 23.3. The molecule has 0 aliphatic rings. The van der Waals surface area contributed by atoms with Crippen molar-refractivity contribution in [1.82, 2.24) is 16.0 Å². The molecule has 218 valence electrons. The molecule has 0 radical (unpaired) electrons. The molecule has 0 aliphatic heterocycles. The van der Waals surface area contributed by atoms with E-state index in [0.29, 0.717) is 30.0 Å². The van der Waals surface area contributed by atoms with Crippen LogP contribution in [-0.4, -0.2) is 48.3 Å². The lowest BCUT2D eigenvalue weighted by Gasteiger charge is -2.23. The molecule has 2 aromatic carbocycles. The van der Waals surface area contributed by atoms with Crippen molar-refractivity contribution in [3.05, 3.63) is 70.7 Å². The van der Waals surface area contributed by atoms with Crippen molar-refractivity contribution in [3.8, 4) is 0 Å². The lowest BCUT2D eigenvalue weighted by Crippen LogP contribution is -2.51. The first-order valence-corrected chi connectivity index (χ1v) is 13.5. The Kier molecular flexibility index (Phi) is 13.2. The average molecular weight is 576 g/mol. The maximum absolute atomic E-state index is 12.9. The highest BCUT2D eigenvalue weighted by Crippen LogP contribution is 2.15. The molecule has 11 heteroatoms. The predicted molar refractivity (Wildman–Crippen MR) is 150 cm³/mol. The van der Waals surface area contributed by atoms with E-state index >= 15 is 0 Å². The minimum Gasteiger partial charge on any atom is -0.459 e. The number of alkyl carbamates (subject to hydrolysis) is 2. The van der Waals surface area contributed by atoms with Gasteiger partial charge in [-0.3, -0.25) is 4.79 Å². The Bertz CT molecular complexity index is 1120. The van der Waals surface area contributed by atoms with E-state index in [-0.39, 0.29) is 19.6 Å². The molecule has 3 N–H and O–H groups in total. The van der Waals surface area contributed by atoms with Gasteiger partial charge in [0.2, 0.25) is 5.91 Å². The Morgan fingerprint density at radius 3 is 2.20 bits per heavy atom. The molecule has 3 amide bonds. The first kappa shape index (κ1) is 32.4. The van der Waals surface area contributed by atoms with Gasteiger partial charge >= 0.3 is 18.2 Å². The molecule has 0 aliphatic carbocycles. The summed E-state index contributed by atoms with van der Waals surface area (Å²) in [6.07, 6.45) is -0.0654. The van der Waals surface area contributed by atoms with Gasteiger partial charge in [0.05, 0.1) is 0 Å². The van der Waals surface area contributed by atoms with Crippen LogP contribution < -0.4 is 16.0 Å². The first-order chi connectivity index (χ1) is 18.9. The number of carbonyl (C=O) groups excluding carboxylic acids is 4. The molecule has 0 saturated carbocycles. The van der Waals surface area contributed by atoms with Gasteiger partial charge in [-0.1, -0.05) is 60.1 Å². The van der Waals surface area contributed by atoms with Gasteiger partial charge in [0, 0.05) is 17.1 Å². The third-order valence-electron chi connectivity index (χ3n) is 5.46. The summed E-state index contributed by atoms with van der Waals surface area (Å²) in [6.45, 7) is 7.02. The molecule has 0 saturated heterocycles. The van der Waals surface area contributed by atoms with Gasteiger partial charge in [-0.15, -0.1) is 0 Å². The number of ether oxygens (including phenoxy) is 3. The molecule has 2 rings (SSSR count). The zero-order valence-corrected chi connectivity index (χ0v) is 24.1. The standard InChI is InChI=1S/C29H38ClN3O7/c1-20(32-28(37)40-29(2,3)4)25(34)33-24(26(35)38-18-21-12-6-5-7-13-21)16-10-11-17-31-27(36)39-19-22-14-8-9-15-23(22)30/h5-9,12-15,20,24H,10-11,16-19H2,1-4H3,(H,31,36)(H,32,37)(H,33,34)/t20-,24-/m0/s1. The molecule has 0 unspecified atom stereocenters. The maximum Gasteiger partial charge on any atom is 0.408 e. The van der Waals surface area contributed by atoms with Crippen molar-refractivity contribution in [2.45, 2.75) is 77.9 Å². The van der Waals surface area contributed by atoms with Crippen molar-refractivity contribution in [2.75, 3.05) is 6.54 Å². The van der Waals surface area contributed by atoms with Crippen molar-refractivity contribution >= 4 is 35.7 Å². The van der Waals surface area contributed by atoms with E-state index in [9.17, 15) is 19.2 Å². The molecule has 0 aromatic heterocycles. The Morgan fingerprint density at radius 2 is 1.52 bits per heavy atom. The molecule has 0 heterocycles. The number of unbranched alkanes of at least 4 members (excludes halogenated alkanes) is 1. The van der Waals surface area contributed by atoms with Crippen LogP contribution in [0.5, 0.6) is 0 Å². The number of halogens is 1. The highest BCUT2D eigenvalue weighted by Gasteiger charge is 2.26. The third kappa shape index (κ3) is 12.8. The SMILES string of the molecule is C[C@H](NC(=O)OC(C)(C)C)C(=O)N[C@@H](CCCCNC(=O)OCc1ccccc1Cl)C(=O)OCc1ccccc1. The number of amides is 3. The summed E-state index contributed by atoms with van der Waals surface area (Å²) >= 11 is 6.06. The fourth-order valence-electron chi connectivity index (χ4n) is 3.40. The summed E-state index contributed by atoms with van der Waals surface area (Å²) in [6, 6.07) is 14.3. The van der Waals surface area contributed by atoms with Gasteiger partial charge in [0.1, 0.15) is 30.9 Å². The largest absolute Gasteiger partial charge is 0.459 e. The molecule has 10 nitrogen and oxygen atoms in total. The molecule has 0 fully saturated rings. The van der Waals surface area contributed by atoms with Crippen LogP contribution in [0.1, 0.15) is 58.1 Å². The highest BCUT2D eigenvalue weighted by molar-refractivity contribution is 6.31. The van der Waals surface area contributed by atoms with Gasteiger partial charge in [-0.2, -0.15) is 0 Å². The van der Waals surface area contributed by atoms with E-state index < -0.39 is 41.7 Å². The summed E-state index contributed by atoms with van der Waals surface area (Å²) in [5, 5.41) is 8.28. The van der Waals surface area contributed by atoms with Crippen LogP contribution in [0.4, 0.5) is 9.59 Å². The minimum absolute atomic E-state index is 0.0440. The molecule has 2 atom stereocenters. The lowest BCUT2D eigenvalue weighted by atomic mass is 10.1. The maximum atomic E-state index is 12.9. The topological polar surface area (TPSA) is 132 Å². The number of hydrogen-bond donors (Lipinski definition) is 3. The number of carbonyl (C=O) groups is 4. The second-order valence-electron chi connectivity index (χ2n) is 10.1. The van der Waals surface area contributed by atoms with Crippen LogP contribution >= 0.6 is 11.6 Å². The quantitative estimate of drug-likeness (QED) is 0.176. The van der Waals surface area contributed by atoms with E-state index in [2.05, 4.69) is 16.0 Å². The fraction of sp³-hybridized carbons (Fsp3) is 0.448. The van der Waals surface area contributed by atoms with E-state index in [1.165, 1.54) is 6.92 Å². The van der Waals surface area contributed by atoms with E-state index in [4.69, 9.17) is 25.8 Å². The second-order valence-corrected chi connectivity index (χ2v) is 10.5. The summed E-state index contributed by atoms with van der Waals surface area (Å²) < 4.78 is 15.8. The molecule has 0 bridgehead atoms. The Hall–Kier alpha value is -3.79. The smallest absolute Gasteiger partial charge is 0.408 e. The second kappa shape index (κ2) is 16.3. The van der Waals surface area contributed by atoms with Crippen molar-refractivity contribution in [3.63, 3.8) is 0 Å². The van der Waals surface area contributed by atoms with Gasteiger partial charge in [-0.05, 0) is 58.6 Å². The molecular formula is C29H38ClN3O7. The Labute approximate surface area is 240 Å². The number of nitrogens with one attached hydrogen (secondary N) is 3. The number of rotatable bonds is 13. The van der Waals surface area contributed by atoms with Gasteiger partial charge < -0.3 is 30.2 Å². The van der Waals surface area contributed by atoms with Crippen LogP contribution in [0.15, 0.2) is 54.6 Å². The summed E-state index contributed by atoms with van der Waals surface area (Å²) in [5.41, 5.74) is 0.779. The van der Waals surface area contributed by atoms with Gasteiger partial charge in [0.15, 0.2) is 0 Å². The lowest BCUT2D eigenvalue weighted by molar-refractivity contribution is -0.149. The minimum atomic E-state index is -0.953. The van der Waals surface area contributed by atoms with Gasteiger partial charge in [0.25, 0.3) is 0 Å². The van der Waals surface area contributed by atoms with Gasteiger partial charge in [-0.25, -0.2) is 14.4 Å². The molecule has 40 heavy (non-hydrogen) atoms. The van der Waals surface area contributed by atoms with Crippen LogP contribution in [0.2, 0.25) is 5.02 Å². The Balaban J connectivity index is 1.85. The first-order valence-electron chi connectivity index (χ1n) is 13.1. The summed E-state index contributed by atoms with van der Waals surface area (Å²) in [7, 11) is 0.